The van der Waals surface area contributed by atoms with Crippen LogP contribution >= 0.6 is 11.3 Å². The Bertz CT molecular complexity index is 408. The van der Waals surface area contributed by atoms with E-state index in [1.807, 2.05) is 0 Å². The third-order valence-corrected chi connectivity index (χ3v) is 4.72. The minimum Gasteiger partial charge on any atom is -0.342 e. The monoisotopic (exact) mass is 281 g/mol. The molecule has 1 saturated heterocycles. The molecule has 1 aliphatic rings. The molecule has 0 bridgehead atoms. The number of hydrogen-bond acceptors (Lipinski definition) is 4. The van der Waals surface area contributed by atoms with E-state index in [9.17, 15) is 0 Å². The van der Waals surface area contributed by atoms with Gasteiger partial charge in [0.1, 0.15) is 0 Å². The first-order valence-corrected chi connectivity index (χ1v) is 8.26. The second-order valence-electron chi connectivity index (χ2n) is 6.62. The molecule has 2 atom stereocenters. The van der Waals surface area contributed by atoms with E-state index in [1.165, 1.54) is 30.1 Å². The summed E-state index contributed by atoms with van der Waals surface area (Å²) in [5.41, 5.74) is 1.32. The van der Waals surface area contributed by atoms with E-state index in [0.717, 1.165) is 6.54 Å². The largest absolute Gasteiger partial charge is 0.342 e. The summed E-state index contributed by atoms with van der Waals surface area (Å²) < 4.78 is 0. The van der Waals surface area contributed by atoms with Crippen molar-refractivity contribution in [3.63, 3.8) is 0 Å². The Hall–Kier alpha value is -0.610. The van der Waals surface area contributed by atoms with E-state index in [0.29, 0.717) is 12.1 Å². The van der Waals surface area contributed by atoms with Crippen molar-refractivity contribution in [1.82, 2.24) is 10.3 Å². The van der Waals surface area contributed by atoms with Crippen molar-refractivity contribution in [2.45, 2.75) is 78.0 Å². The van der Waals surface area contributed by atoms with Crippen molar-refractivity contribution in [2.75, 3.05) is 4.90 Å². The van der Waals surface area contributed by atoms with Crippen molar-refractivity contribution in [3.05, 3.63) is 11.1 Å². The summed E-state index contributed by atoms with van der Waals surface area (Å²) in [7, 11) is 0. The maximum absolute atomic E-state index is 4.83. The van der Waals surface area contributed by atoms with Crippen LogP contribution in [-0.4, -0.2) is 22.6 Å². The molecule has 2 unspecified atom stereocenters. The van der Waals surface area contributed by atoms with Gasteiger partial charge in [-0.05, 0) is 47.0 Å². The van der Waals surface area contributed by atoms with Crippen LogP contribution in [0.15, 0.2) is 5.38 Å². The van der Waals surface area contributed by atoms with Crippen molar-refractivity contribution in [3.8, 4) is 0 Å². The summed E-state index contributed by atoms with van der Waals surface area (Å²) in [4.78, 5) is 7.36. The molecule has 0 radical (unpaired) electrons. The van der Waals surface area contributed by atoms with Gasteiger partial charge in [0, 0.05) is 29.5 Å². The highest BCUT2D eigenvalue weighted by Gasteiger charge is 2.31. The number of nitrogens with zero attached hydrogens (tertiary/aromatic N) is 2. The molecule has 4 heteroatoms. The molecular formula is C15H27N3S. The molecule has 0 amide bonds. The van der Waals surface area contributed by atoms with E-state index in [4.69, 9.17) is 4.98 Å². The van der Waals surface area contributed by atoms with Gasteiger partial charge >= 0.3 is 0 Å². The lowest BCUT2D eigenvalue weighted by molar-refractivity contribution is 0.421. The standard InChI is InChI=1S/C15H27N3S/c1-6-13-8-7-11(2)18(13)14-17-12(10-19-14)9-16-15(3,4)5/h10-11,13,16H,6-9H2,1-5H3. The zero-order valence-corrected chi connectivity index (χ0v) is 13.7. The number of rotatable bonds is 4. The van der Waals surface area contributed by atoms with Crippen molar-refractivity contribution in [1.29, 1.82) is 0 Å². The molecular weight excluding hydrogens is 254 g/mol. The summed E-state index contributed by atoms with van der Waals surface area (Å²) in [5, 5.41) is 6.92. The number of anilines is 1. The quantitative estimate of drug-likeness (QED) is 0.910. The molecule has 2 heterocycles. The predicted molar refractivity (Wildman–Crippen MR) is 84.0 cm³/mol. The summed E-state index contributed by atoms with van der Waals surface area (Å²) >= 11 is 1.80. The minimum absolute atomic E-state index is 0.149. The fourth-order valence-electron chi connectivity index (χ4n) is 2.67. The fourth-order valence-corrected chi connectivity index (χ4v) is 3.67. The predicted octanol–water partition coefficient (Wildman–Crippen LogP) is 3.80. The minimum atomic E-state index is 0.149. The third kappa shape index (κ3) is 3.69. The molecule has 0 aromatic carbocycles. The van der Waals surface area contributed by atoms with Crippen LogP contribution < -0.4 is 10.2 Å². The van der Waals surface area contributed by atoms with E-state index < -0.39 is 0 Å². The van der Waals surface area contributed by atoms with Gasteiger partial charge in [-0.3, -0.25) is 0 Å². The molecule has 1 N–H and O–H groups in total. The average molecular weight is 281 g/mol. The average Bonchev–Trinajstić information content (AvgIpc) is 2.91. The maximum Gasteiger partial charge on any atom is 0.186 e. The van der Waals surface area contributed by atoms with Crippen LogP contribution in [0.2, 0.25) is 0 Å². The van der Waals surface area contributed by atoms with Crippen molar-refractivity contribution < 1.29 is 0 Å². The molecule has 1 aromatic rings. The van der Waals surface area contributed by atoms with Crippen molar-refractivity contribution in [2.24, 2.45) is 0 Å². The Labute approximate surface area is 121 Å². The van der Waals surface area contributed by atoms with Crippen LogP contribution in [-0.2, 0) is 6.54 Å². The molecule has 108 valence electrons. The second-order valence-corrected chi connectivity index (χ2v) is 7.46. The highest BCUT2D eigenvalue weighted by molar-refractivity contribution is 7.13. The fraction of sp³-hybridized carbons (Fsp3) is 0.800. The van der Waals surface area contributed by atoms with Gasteiger partial charge in [0.2, 0.25) is 0 Å². The van der Waals surface area contributed by atoms with Crippen LogP contribution in [0.1, 0.15) is 59.6 Å². The normalized spacial score (nSPS) is 24.2. The summed E-state index contributed by atoms with van der Waals surface area (Å²) in [6.45, 7) is 12.0. The molecule has 1 fully saturated rings. The summed E-state index contributed by atoms with van der Waals surface area (Å²) in [6.07, 6.45) is 3.83. The van der Waals surface area contributed by atoms with Gasteiger partial charge in [0.25, 0.3) is 0 Å². The first kappa shape index (κ1) is 14.8. The zero-order chi connectivity index (χ0) is 14.0. The first-order chi connectivity index (χ1) is 8.90. The van der Waals surface area contributed by atoms with E-state index >= 15 is 0 Å². The van der Waals surface area contributed by atoms with Gasteiger partial charge < -0.3 is 10.2 Å². The Morgan fingerprint density at radius 3 is 2.79 bits per heavy atom. The smallest absolute Gasteiger partial charge is 0.186 e. The molecule has 0 spiro atoms. The number of hydrogen-bond donors (Lipinski definition) is 1. The van der Waals surface area contributed by atoms with Gasteiger partial charge in [0.15, 0.2) is 5.13 Å². The second kappa shape index (κ2) is 5.80. The lowest BCUT2D eigenvalue weighted by atomic mass is 10.1. The van der Waals surface area contributed by atoms with Gasteiger partial charge in [-0.1, -0.05) is 6.92 Å². The van der Waals surface area contributed by atoms with Gasteiger partial charge in [0.05, 0.1) is 5.69 Å². The summed E-state index contributed by atoms with van der Waals surface area (Å²) in [6, 6.07) is 1.32. The van der Waals surface area contributed by atoms with Gasteiger partial charge in [-0.25, -0.2) is 4.98 Å². The number of thiazole rings is 1. The molecule has 1 aromatic heterocycles. The van der Waals surface area contributed by atoms with Gasteiger partial charge in [-0.15, -0.1) is 11.3 Å². The van der Waals surface area contributed by atoms with Crippen LogP contribution in [0.4, 0.5) is 5.13 Å². The maximum atomic E-state index is 4.83. The lowest BCUT2D eigenvalue weighted by Gasteiger charge is -2.27. The molecule has 3 nitrogen and oxygen atoms in total. The van der Waals surface area contributed by atoms with E-state index in [-0.39, 0.29) is 5.54 Å². The topological polar surface area (TPSA) is 28.2 Å². The Morgan fingerprint density at radius 1 is 1.42 bits per heavy atom. The van der Waals surface area contributed by atoms with E-state index in [2.05, 4.69) is 50.2 Å². The number of nitrogens with one attached hydrogen (secondary N) is 1. The van der Waals surface area contributed by atoms with Crippen LogP contribution in [0.3, 0.4) is 0 Å². The Morgan fingerprint density at radius 2 is 2.16 bits per heavy atom. The molecule has 1 aliphatic heterocycles. The Balaban J connectivity index is 2.04. The van der Waals surface area contributed by atoms with E-state index in [1.54, 1.807) is 11.3 Å². The zero-order valence-electron chi connectivity index (χ0n) is 12.9. The molecule has 0 aliphatic carbocycles. The molecule has 19 heavy (non-hydrogen) atoms. The summed E-state index contributed by atoms with van der Waals surface area (Å²) in [5.74, 6) is 0. The van der Waals surface area contributed by atoms with Crippen molar-refractivity contribution >= 4 is 16.5 Å². The highest BCUT2D eigenvalue weighted by Crippen LogP contribution is 2.33. The third-order valence-electron chi connectivity index (χ3n) is 3.82. The van der Waals surface area contributed by atoms with Crippen LogP contribution in [0.5, 0.6) is 0 Å². The Kier molecular flexibility index (Phi) is 4.51. The molecule has 2 rings (SSSR count). The number of aromatic nitrogens is 1. The lowest BCUT2D eigenvalue weighted by Crippen LogP contribution is -2.35. The first-order valence-electron chi connectivity index (χ1n) is 7.38. The van der Waals surface area contributed by atoms with Crippen LogP contribution in [0.25, 0.3) is 0 Å². The molecule has 0 saturated carbocycles. The van der Waals surface area contributed by atoms with Gasteiger partial charge in [-0.2, -0.15) is 0 Å². The highest BCUT2D eigenvalue weighted by atomic mass is 32.1. The SMILES string of the molecule is CCC1CCC(C)N1c1nc(CNC(C)(C)C)cs1. The van der Waals surface area contributed by atoms with Crippen LogP contribution in [0, 0.1) is 0 Å².